The summed E-state index contributed by atoms with van der Waals surface area (Å²) in [6, 6.07) is -1.26. The van der Waals surface area contributed by atoms with Crippen LogP contribution in [-0.2, 0) is 24.2 Å². The molecule has 0 aromatic carbocycles. The van der Waals surface area contributed by atoms with Crippen molar-refractivity contribution in [2.75, 3.05) is 19.5 Å². The molecular formula is C13H26N2O5S. The Bertz CT molecular complexity index is 430. The normalized spacial score (nSPS) is 13.2. The number of imide groups is 1. The highest BCUT2D eigenvalue weighted by Crippen LogP contribution is 2.16. The zero-order valence-corrected chi connectivity index (χ0v) is 13.7. The standard InChI is InChI=1S/C13H26N2O5S/c1-4-6-10(7-5-2)21(18,19)9-11(14)13(17)15-12(16)8-20-3/h10-11H,4-9,14H2,1-3H3,(H,15,16,17)/t11-/m1/s1. The number of rotatable bonds is 10. The van der Waals surface area contributed by atoms with E-state index in [4.69, 9.17) is 5.73 Å². The molecule has 2 amide bonds. The smallest absolute Gasteiger partial charge is 0.252 e. The third-order valence-corrected chi connectivity index (χ3v) is 5.33. The first kappa shape index (κ1) is 20.0. The largest absolute Gasteiger partial charge is 0.375 e. The summed E-state index contributed by atoms with van der Waals surface area (Å²) in [5, 5.41) is 1.53. The fourth-order valence-corrected chi connectivity index (χ4v) is 4.12. The molecule has 0 unspecified atom stereocenters. The Hall–Kier alpha value is -0.990. The monoisotopic (exact) mass is 322 g/mol. The van der Waals surface area contributed by atoms with Crippen molar-refractivity contribution in [2.45, 2.75) is 50.8 Å². The molecule has 0 aliphatic heterocycles. The quantitative estimate of drug-likeness (QED) is 0.584. The van der Waals surface area contributed by atoms with Crippen LogP contribution >= 0.6 is 0 Å². The zero-order valence-electron chi connectivity index (χ0n) is 12.9. The number of hydrogen-bond donors (Lipinski definition) is 2. The van der Waals surface area contributed by atoms with Crippen LogP contribution in [0.1, 0.15) is 39.5 Å². The summed E-state index contributed by atoms with van der Waals surface area (Å²) in [5.74, 6) is -1.90. The van der Waals surface area contributed by atoms with E-state index in [-0.39, 0.29) is 6.61 Å². The Morgan fingerprint density at radius 3 is 2.14 bits per heavy atom. The minimum Gasteiger partial charge on any atom is -0.375 e. The highest BCUT2D eigenvalue weighted by molar-refractivity contribution is 7.92. The zero-order chi connectivity index (χ0) is 16.5. The lowest BCUT2D eigenvalue weighted by atomic mass is 10.2. The van der Waals surface area contributed by atoms with Crippen LogP contribution < -0.4 is 11.1 Å². The van der Waals surface area contributed by atoms with Gasteiger partial charge in [0.25, 0.3) is 5.91 Å². The van der Waals surface area contributed by atoms with Crippen LogP contribution in [0.2, 0.25) is 0 Å². The SMILES string of the molecule is CCCC(CCC)S(=O)(=O)C[C@@H](N)C(=O)NC(=O)COC. The van der Waals surface area contributed by atoms with E-state index in [1.807, 2.05) is 19.2 Å². The average molecular weight is 322 g/mol. The molecule has 0 radical (unpaired) electrons. The molecule has 0 saturated carbocycles. The van der Waals surface area contributed by atoms with Crippen molar-refractivity contribution < 1.29 is 22.7 Å². The Balaban J connectivity index is 4.68. The lowest BCUT2D eigenvalue weighted by Crippen LogP contribution is -2.49. The number of methoxy groups -OCH3 is 1. The van der Waals surface area contributed by atoms with Gasteiger partial charge < -0.3 is 10.5 Å². The summed E-state index contributed by atoms with van der Waals surface area (Å²) in [7, 11) is -2.15. The Kier molecular flexibility index (Phi) is 9.39. The fraction of sp³-hybridized carbons (Fsp3) is 0.846. The molecule has 124 valence electrons. The van der Waals surface area contributed by atoms with Gasteiger partial charge in [-0.3, -0.25) is 14.9 Å². The van der Waals surface area contributed by atoms with Crippen LogP contribution in [0.25, 0.3) is 0 Å². The molecular weight excluding hydrogens is 296 g/mol. The van der Waals surface area contributed by atoms with Crippen LogP contribution in [-0.4, -0.2) is 51.0 Å². The van der Waals surface area contributed by atoms with Crippen molar-refractivity contribution in [1.82, 2.24) is 5.32 Å². The molecule has 21 heavy (non-hydrogen) atoms. The van der Waals surface area contributed by atoms with Gasteiger partial charge in [-0.05, 0) is 12.8 Å². The van der Waals surface area contributed by atoms with E-state index in [0.29, 0.717) is 12.8 Å². The molecule has 7 nitrogen and oxygen atoms in total. The van der Waals surface area contributed by atoms with E-state index >= 15 is 0 Å². The molecule has 0 aliphatic rings. The van der Waals surface area contributed by atoms with Gasteiger partial charge in [-0.25, -0.2) is 8.42 Å². The summed E-state index contributed by atoms with van der Waals surface area (Å²) in [6.45, 7) is 3.54. The average Bonchev–Trinajstić information content (AvgIpc) is 2.38. The van der Waals surface area contributed by atoms with Gasteiger partial charge in [-0.2, -0.15) is 0 Å². The molecule has 0 fully saturated rings. The minimum absolute atomic E-state index is 0.278. The van der Waals surface area contributed by atoms with Crippen molar-refractivity contribution in [3.05, 3.63) is 0 Å². The molecule has 3 N–H and O–H groups in total. The van der Waals surface area contributed by atoms with Gasteiger partial charge in [0.15, 0.2) is 9.84 Å². The molecule has 0 rings (SSSR count). The summed E-state index contributed by atoms with van der Waals surface area (Å²) in [6.07, 6.45) is 2.59. The first-order valence-corrected chi connectivity index (χ1v) is 8.79. The second kappa shape index (κ2) is 9.86. The molecule has 0 aromatic heterocycles. The molecule has 8 heteroatoms. The number of hydrogen-bond acceptors (Lipinski definition) is 6. The predicted octanol–water partition coefficient (Wildman–Crippen LogP) is -0.0135. The maximum atomic E-state index is 12.3. The second-order valence-corrected chi connectivity index (χ2v) is 7.31. The lowest BCUT2D eigenvalue weighted by molar-refractivity contribution is -0.133. The van der Waals surface area contributed by atoms with Gasteiger partial charge >= 0.3 is 0 Å². The maximum absolute atomic E-state index is 12.3. The second-order valence-electron chi connectivity index (χ2n) is 4.98. The predicted molar refractivity (Wildman–Crippen MR) is 80.4 cm³/mol. The third kappa shape index (κ3) is 7.54. The van der Waals surface area contributed by atoms with Crippen LogP contribution in [0, 0.1) is 0 Å². The summed E-state index contributed by atoms with van der Waals surface area (Å²) < 4.78 is 29.1. The van der Waals surface area contributed by atoms with E-state index in [1.165, 1.54) is 7.11 Å². The summed E-state index contributed by atoms with van der Waals surface area (Å²) in [4.78, 5) is 22.9. The van der Waals surface area contributed by atoms with Gasteiger partial charge in [0.05, 0.1) is 17.0 Å². The Labute approximate surface area is 126 Å². The van der Waals surface area contributed by atoms with Gasteiger partial charge in [0, 0.05) is 7.11 Å². The summed E-state index contributed by atoms with van der Waals surface area (Å²) in [5.41, 5.74) is 5.59. The molecule has 0 heterocycles. The van der Waals surface area contributed by atoms with E-state index in [1.54, 1.807) is 0 Å². The number of carbonyl (C=O) groups excluding carboxylic acids is 2. The number of sulfone groups is 1. The Morgan fingerprint density at radius 2 is 1.71 bits per heavy atom. The number of amides is 2. The maximum Gasteiger partial charge on any atom is 0.252 e. The number of ether oxygens (including phenoxy) is 1. The highest BCUT2D eigenvalue weighted by atomic mass is 32.2. The number of carbonyl (C=O) groups is 2. The van der Waals surface area contributed by atoms with Crippen LogP contribution in [0.5, 0.6) is 0 Å². The fourth-order valence-electron chi connectivity index (χ4n) is 2.01. The first-order chi connectivity index (χ1) is 9.78. The topological polar surface area (TPSA) is 116 Å². The Morgan fingerprint density at radius 1 is 1.19 bits per heavy atom. The van der Waals surface area contributed by atoms with E-state index in [9.17, 15) is 18.0 Å². The van der Waals surface area contributed by atoms with Gasteiger partial charge in [-0.1, -0.05) is 26.7 Å². The van der Waals surface area contributed by atoms with E-state index < -0.39 is 38.7 Å². The minimum atomic E-state index is -3.47. The van der Waals surface area contributed by atoms with Crippen LogP contribution in [0.3, 0.4) is 0 Å². The molecule has 0 bridgehead atoms. The van der Waals surface area contributed by atoms with Crippen molar-refractivity contribution in [1.29, 1.82) is 0 Å². The lowest BCUT2D eigenvalue weighted by Gasteiger charge is -2.18. The molecule has 0 aliphatic carbocycles. The van der Waals surface area contributed by atoms with Gasteiger partial charge in [0.1, 0.15) is 6.61 Å². The molecule has 0 aromatic rings. The highest BCUT2D eigenvalue weighted by Gasteiger charge is 2.29. The van der Waals surface area contributed by atoms with Crippen molar-refractivity contribution >= 4 is 21.7 Å². The number of nitrogens with one attached hydrogen (secondary N) is 1. The molecule has 0 spiro atoms. The third-order valence-electron chi connectivity index (χ3n) is 3.02. The molecule has 0 saturated heterocycles. The van der Waals surface area contributed by atoms with Crippen LogP contribution in [0.15, 0.2) is 0 Å². The van der Waals surface area contributed by atoms with Crippen molar-refractivity contribution in [3.63, 3.8) is 0 Å². The van der Waals surface area contributed by atoms with Crippen LogP contribution in [0.4, 0.5) is 0 Å². The molecule has 1 atom stereocenters. The van der Waals surface area contributed by atoms with Crippen molar-refractivity contribution in [2.24, 2.45) is 5.73 Å². The van der Waals surface area contributed by atoms with Gasteiger partial charge in [-0.15, -0.1) is 0 Å². The summed E-state index contributed by atoms with van der Waals surface area (Å²) >= 11 is 0. The van der Waals surface area contributed by atoms with Crippen molar-refractivity contribution in [3.8, 4) is 0 Å². The van der Waals surface area contributed by atoms with E-state index in [0.717, 1.165) is 12.8 Å². The number of nitrogens with two attached hydrogens (primary N) is 1. The first-order valence-electron chi connectivity index (χ1n) is 7.08. The van der Waals surface area contributed by atoms with Gasteiger partial charge in [0.2, 0.25) is 5.91 Å². The van der Waals surface area contributed by atoms with E-state index in [2.05, 4.69) is 4.74 Å².